The standard InChI is InChI=1S/C10H13N3O/c11-9-4-1-3-8-7-12-10(13(8)9)5-2-6-14/h1,3-4,7,14H,2,5-6,11H2. The fourth-order valence-corrected chi connectivity index (χ4v) is 1.55. The molecule has 0 amide bonds. The lowest BCUT2D eigenvalue weighted by Gasteiger charge is -2.03. The van der Waals surface area contributed by atoms with E-state index in [2.05, 4.69) is 4.98 Å². The first kappa shape index (κ1) is 9.02. The van der Waals surface area contributed by atoms with Gasteiger partial charge in [0, 0.05) is 13.0 Å². The fourth-order valence-electron chi connectivity index (χ4n) is 1.55. The van der Waals surface area contributed by atoms with Crippen LogP contribution in [0.25, 0.3) is 5.52 Å². The first-order valence-electron chi connectivity index (χ1n) is 4.64. The Labute approximate surface area is 82.0 Å². The Hall–Kier alpha value is -1.55. The van der Waals surface area contributed by atoms with Crippen LogP contribution >= 0.6 is 0 Å². The zero-order chi connectivity index (χ0) is 9.97. The van der Waals surface area contributed by atoms with Crippen molar-refractivity contribution >= 4 is 11.3 Å². The number of aliphatic hydroxyl groups excluding tert-OH is 1. The largest absolute Gasteiger partial charge is 0.396 e. The molecule has 0 aromatic carbocycles. The molecule has 0 bridgehead atoms. The first-order chi connectivity index (χ1) is 6.83. The van der Waals surface area contributed by atoms with Gasteiger partial charge in [0.1, 0.15) is 11.6 Å². The molecule has 4 nitrogen and oxygen atoms in total. The monoisotopic (exact) mass is 191 g/mol. The number of nitrogen functional groups attached to an aromatic ring is 1. The second kappa shape index (κ2) is 3.67. The highest BCUT2D eigenvalue weighted by atomic mass is 16.2. The Morgan fingerprint density at radius 2 is 2.29 bits per heavy atom. The molecule has 4 heteroatoms. The summed E-state index contributed by atoms with van der Waals surface area (Å²) in [5.41, 5.74) is 6.83. The Morgan fingerprint density at radius 1 is 1.43 bits per heavy atom. The molecule has 14 heavy (non-hydrogen) atoms. The van der Waals surface area contributed by atoms with Gasteiger partial charge >= 0.3 is 0 Å². The molecule has 74 valence electrons. The third kappa shape index (κ3) is 1.44. The molecule has 3 N–H and O–H groups in total. The van der Waals surface area contributed by atoms with E-state index in [9.17, 15) is 0 Å². The number of rotatable bonds is 3. The summed E-state index contributed by atoms with van der Waals surface area (Å²) in [7, 11) is 0. The maximum Gasteiger partial charge on any atom is 0.114 e. The molecule has 0 aliphatic rings. The van der Waals surface area contributed by atoms with Crippen molar-refractivity contribution in [2.24, 2.45) is 0 Å². The number of anilines is 1. The van der Waals surface area contributed by atoms with Gasteiger partial charge in [0.15, 0.2) is 0 Å². The van der Waals surface area contributed by atoms with Gasteiger partial charge in [-0.25, -0.2) is 4.98 Å². The second-order valence-electron chi connectivity index (χ2n) is 3.21. The van der Waals surface area contributed by atoms with E-state index in [1.54, 1.807) is 6.20 Å². The third-order valence-electron chi connectivity index (χ3n) is 2.21. The van der Waals surface area contributed by atoms with Gasteiger partial charge in [0.05, 0.1) is 11.7 Å². The van der Waals surface area contributed by atoms with Crippen LogP contribution in [0.2, 0.25) is 0 Å². The lowest BCUT2D eigenvalue weighted by molar-refractivity contribution is 0.287. The van der Waals surface area contributed by atoms with Crippen LogP contribution in [0.15, 0.2) is 24.4 Å². The highest BCUT2D eigenvalue weighted by molar-refractivity contribution is 5.53. The van der Waals surface area contributed by atoms with Crippen molar-refractivity contribution in [2.45, 2.75) is 12.8 Å². The summed E-state index contributed by atoms with van der Waals surface area (Å²) in [5.74, 6) is 1.60. The maximum absolute atomic E-state index is 8.74. The van der Waals surface area contributed by atoms with E-state index >= 15 is 0 Å². The predicted octanol–water partition coefficient (Wildman–Crippen LogP) is 0.841. The van der Waals surface area contributed by atoms with Crippen molar-refractivity contribution in [1.29, 1.82) is 0 Å². The lowest BCUT2D eigenvalue weighted by atomic mass is 10.3. The van der Waals surface area contributed by atoms with Gasteiger partial charge in [-0.05, 0) is 18.6 Å². The van der Waals surface area contributed by atoms with E-state index in [0.29, 0.717) is 12.2 Å². The predicted molar refractivity (Wildman–Crippen MR) is 55.0 cm³/mol. The van der Waals surface area contributed by atoms with Crippen molar-refractivity contribution in [2.75, 3.05) is 12.3 Å². The van der Waals surface area contributed by atoms with Crippen LogP contribution in [0.1, 0.15) is 12.2 Å². The number of aryl methyl sites for hydroxylation is 1. The summed E-state index contributed by atoms with van der Waals surface area (Å²) in [4.78, 5) is 4.27. The second-order valence-corrected chi connectivity index (χ2v) is 3.21. The minimum Gasteiger partial charge on any atom is -0.396 e. The zero-order valence-electron chi connectivity index (χ0n) is 7.85. The Balaban J connectivity index is 2.45. The molecule has 0 aliphatic carbocycles. The molecule has 0 spiro atoms. The zero-order valence-corrected chi connectivity index (χ0v) is 7.85. The molecule has 2 rings (SSSR count). The van der Waals surface area contributed by atoms with Crippen LogP contribution in [0, 0.1) is 0 Å². The van der Waals surface area contributed by atoms with Crippen LogP contribution in [-0.2, 0) is 6.42 Å². The molecule has 0 aliphatic heterocycles. The van der Waals surface area contributed by atoms with E-state index in [1.165, 1.54) is 0 Å². The van der Waals surface area contributed by atoms with Gasteiger partial charge in [-0.2, -0.15) is 0 Å². The minimum atomic E-state index is 0.182. The van der Waals surface area contributed by atoms with E-state index in [4.69, 9.17) is 10.8 Å². The highest BCUT2D eigenvalue weighted by Gasteiger charge is 2.04. The lowest BCUT2D eigenvalue weighted by Crippen LogP contribution is -2.02. The van der Waals surface area contributed by atoms with Crippen molar-refractivity contribution < 1.29 is 5.11 Å². The molecular formula is C10H13N3O. The van der Waals surface area contributed by atoms with Crippen molar-refractivity contribution in [3.05, 3.63) is 30.2 Å². The highest BCUT2D eigenvalue weighted by Crippen LogP contribution is 2.13. The van der Waals surface area contributed by atoms with Crippen LogP contribution in [0.5, 0.6) is 0 Å². The van der Waals surface area contributed by atoms with Crippen LogP contribution in [0.4, 0.5) is 5.82 Å². The number of pyridine rings is 1. The fraction of sp³-hybridized carbons (Fsp3) is 0.300. The third-order valence-corrected chi connectivity index (χ3v) is 2.21. The van der Waals surface area contributed by atoms with E-state index in [-0.39, 0.29) is 6.61 Å². The number of aromatic nitrogens is 2. The van der Waals surface area contributed by atoms with Crippen LogP contribution in [-0.4, -0.2) is 21.1 Å². The molecule has 0 unspecified atom stereocenters. The number of hydrogen-bond acceptors (Lipinski definition) is 3. The van der Waals surface area contributed by atoms with Crippen LogP contribution < -0.4 is 5.73 Å². The van der Waals surface area contributed by atoms with Crippen molar-refractivity contribution in [3.8, 4) is 0 Å². The van der Waals surface area contributed by atoms with Crippen molar-refractivity contribution in [1.82, 2.24) is 9.38 Å². The summed E-state index contributed by atoms with van der Waals surface area (Å²) < 4.78 is 1.91. The molecule has 0 fully saturated rings. The van der Waals surface area contributed by atoms with Gasteiger partial charge in [-0.15, -0.1) is 0 Å². The van der Waals surface area contributed by atoms with E-state index < -0.39 is 0 Å². The summed E-state index contributed by atoms with van der Waals surface area (Å²) in [6.07, 6.45) is 3.26. The normalized spacial score (nSPS) is 10.9. The average Bonchev–Trinajstić information content (AvgIpc) is 2.59. The smallest absolute Gasteiger partial charge is 0.114 e. The van der Waals surface area contributed by atoms with E-state index in [0.717, 1.165) is 17.8 Å². The van der Waals surface area contributed by atoms with Gasteiger partial charge in [-0.3, -0.25) is 4.40 Å². The van der Waals surface area contributed by atoms with E-state index in [1.807, 2.05) is 22.6 Å². The molecule has 2 aromatic heterocycles. The molecule has 2 heterocycles. The number of nitrogens with two attached hydrogens (primary N) is 1. The molecule has 2 aromatic rings. The summed E-state index contributed by atoms with van der Waals surface area (Å²) >= 11 is 0. The molecule has 0 radical (unpaired) electrons. The van der Waals surface area contributed by atoms with Gasteiger partial charge < -0.3 is 10.8 Å². The summed E-state index contributed by atoms with van der Waals surface area (Å²) in [5, 5.41) is 8.74. The SMILES string of the molecule is Nc1cccc2cnc(CCCO)n12. The van der Waals surface area contributed by atoms with Gasteiger partial charge in [-0.1, -0.05) is 6.07 Å². The molecular weight excluding hydrogens is 178 g/mol. The number of hydrogen-bond donors (Lipinski definition) is 2. The molecule has 0 saturated carbocycles. The number of imidazole rings is 1. The number of aliphatic hydroxyl groups is 1. The topological polar surface area (TPSA) is 63.5 Å². The van der Waals surface area contributed by atoms with Crippen LogP contribution in [0.3, 0.4) is 0 Å². The first-order valence-corrected chi connectivity index (χ1v) is 4.64. The quantitative estimate of drug-likeness (QED) is 0.755. The number of nitrogens with zero attached hydrogens (tertiary/aromatic N) is 2. The van der Waals surface area contributed by atoms with Gasteiger partial charge in [0.25, 0.3) is 0 Å². The summed E-state index contributed by atoms with van der Waals surface area (Å²) in [6, 6.07) is 5.71. The average molecular weight is 191 g/mol. The Kier molecular flexibility index (Phi) is 2.37. The molecule has 0 atom stereocenters. The maximum atomic E-state index is 8.74. The minimum absolute atomic E-state index is 0.182. The van der Waals surface area contributed by atoms with Crippen molar-refractivity contribution in [3.63, 3.8) is 0 Å². The van der Waals surface area contributed by atoms with Gasteiger partial charge in [0.2, 0.25) is 0 Å². The Morgan fingerprint density at radius 3 is 3.07 bits per heavy atom. The number of fused-ring (bicyclic) bond motifs is 1. The summed E-state index contributed by atoms with van der Waals surface area (Å²) in [6.45, 7) is 0.182. The molecule has 0 saturated heterocycles. The Bertz CT molecular complexity index is 436.